The molecule has 0 amide bonds. The zero-order valence-corrected chi connectivity index (χ0v) is 14.7. The zero-order valence-electron chi connectivity index (χ0n) is 14.7. The SMILES string of the molecule is NNNNNNNNNNNNNNNNNNNNNNNNNNNNN. The first kappa shape index (κ1) is 27.8. The minimum absolute atomic E-state index is 2.12. The van der Waals surface area contributed by atoms with E-state index in [1.807, 2.05) is 0 Å². The molecule has 29 heteroatoms. The van der Waals surface area contributed by atoms with Gasteiger partial charge in [0, 0.05) is 0 Å². The van der Waals surface area contributed by atoms with Crippen molar-refractivity contribution in [3.05, 3.63) is 0 Å². The molecule has 176 valence electrons. The van der Waals surface area contributed by atoms with Crippen molar-refractivity contribution in [3.8, 4) is 0 Å². The van der Waals surface area contributed by atoms with E-state index in [-0.39, 0.29) is 0 Å². The van der Waals surface area contributed by atoms with Gasteiger partial charge in [0.15, 0.2) is 0 Å². The summed E-state index contributed by atoms with van der Waals surface area (Å²) in [5.41, 5.74) is 65.7. The van der Waals surface area contributed by atoms with Crippen molar-refractivity contribution >= 4 is 0 Å². The largest absolute Gasteiger partial charge is 0.257 e. The van der Waals surface area contributed by atoms with Crippen molar-refractivity contribution in [2.24, 2.45) is 11.7 Å². The van der Waals surface area contributed by atoms with Crippen LogP contribution in [-0.4, -0.2) is 0 Å². The first-order chi connectivity index (χ1) is 14.4. The van der Waals surface area contributed by atoms with Gasteiger partial charge in [0.05, 0.1) is 0 Å². The molecule has 0 saturated carbocycles. The fraction of sp³-hybridized carbons (Fsp3) is 0. The number of nitrogens with two attached hydrogens (primary N) is 2. The van der Waals surface area contributed by atoms with Gasteiger partial charge in [0.1, 0.15) is 0 Å². The van der Waals surface area contributed by atoms with E-state index in [0.29, 0.717) is 0 Å². The average molecular weight is 437 g/mol. The van der Waals surface area contributed by atoms with E-state index in [1.54, 1.807) is 0 Å². The highest BCUT2D eigenvalue weighted by atomic mass is 16.0. The smallest absolute Gasteiger partial charge is 0.164 e. The second-order valence-electron chi connectivity index (χ2n) is 3.41. The molecule has 0 saturated heterocycles. The van der Waals surface area contributed by atoms with Gasteiger partial charge in [0.25, 0.3) is 0 Å². The minimum Gasteiger partial charge on any atom is -0.257 e. The third-order valence-electron chi connectivity index (χ3n) is 1.64. The van der Waals surface area contributed by atoms with Crippen LogP contribution in [0.4, 0.5) is 0 Å². The summed E-state index contributed by atoms with van der Waals surface area (Å²) in [4.78, 5) is 0. The maximum atomic E-state index is 4.91. The van der Waals surface area contributed by atoms with Gasteiger partial charge in [-0.1, -0.05) is 0 Å². The highest BCUT2D eigenvalue weighted by molar-refractivity contribution is 4.18. The number of hydrazine groups is 28. The van der Waals surface area contributed by atoms with Crippen molar-refractivity contribution in [2.75, 3.05) is 0 Å². The predicted molar refractivity (Wildman–Crippen MR) is 93.0 cm³/mol. The maximum Gasteiger partial charge on any atom is -0.164 e. The van der Waals surface area contributed by atoms with E-state index >= 15 is 0 Å². The molecule has 0 aromatic rings. The first-order valence-corrected chi connectivity index (χ1v) is 7.08. The Kier molecular flexibility index (Phi) is 25.8. The van der Waals surface area contributed by atoms with E-state index in [0.717, 1.165) is 0 Å². The molecule has 0 spiro atoms. The Balaban J connectivity index is 2.97. The molecule has 0 aromatic heterocycles. The molecule has 0 fully saturated rings. The molecule has 0 aliphatic carbocycles. The number of nitrogens with one attached hydrogen (secondary N) is 27. The predicted octanol–water partition coefficient (Wildman–Crippen LogP) is -14.6. The topological polar surface area (TPSA) is 377 Å². The molecular weight excluding hydrogens is 406 g/mol. The molecule has 0 rings (SSSR count). The molecule has 0 atom stereocenters. The lowest BCUT2D eigenvalue weighted by Crippen LogP contribution is -2.70. The minimum atomic E-state index is 2.12. The standard InChI is InChI=1S/H31N29/c1-3-5-7-9-11-13-15-17-19-21-23-25-27-29-28-26-24-22-20-18-16-14-12-10-8-6-4-2/h3-29H,1-2H2. The second-order valence-corrected chi connectivity index (χ2v) is 3.41. The summed E-state index contributed by atoms with van der Waals surface area (Å²) in [7, 11) is 0. The normalized spacial score (nSPS) is 11.4. The van der Waals surface area contributed by atoms with E-state index < -0.39 is 0 Å². The molecule has 0 aliphatic rings. The summed E-state index contributed by atoms with van der Waals surface area (Å²) in [6.07, 6.45) is 0. The Hall–Kier alpha value is -1.16. The first-order valence-electron chi connectivity index (χ1n) is 7.08. The Morgan fingerprint density at radius 1 is 0.172 bits per heavy atom. The lowest BCUT2D eigenvalue weighted by Gasteiger charge is -2.15. The summed E-state index contributed by atoms with van der Waals surface area (Å²) in [5.74, 6) is 9.83. The van der Waals surface area contributed by atoms with Crippen LogP contribution in [0.1, 0.15) is 0 Å². The van der Waals surface area contributed by atoms with Gasteiger partial charge in [-0.15, -0.1) is 0 Å². The Morgan fingerprint density at radius 3 is 0.379 bits per heavy atom. The van der Waals surface area contributed by atoms with Crippen LogP contribution in [0.15, 0.2) is 0 Å². The van der Waals surface area contributed by atoms with Crippen molar-refractivity contribution in [1.82, 2.24) is 149 Å². The van der Waals surface area contributed by atoms with Crippen LogP contribution in [0.3, 0.4) is 0 Å². The van der Waals surface area contributed by atoms with Crippen LogP contribution in [-0.2, 0) is 0 Å². The van der Waals surface area contributed by atoms with Crippen molar-refractivity contribution in [2.45, 2.75) is 0 Å². The molecule has 0 bridgehead atoms. The molecule has 0 unspecified atom stereocenters. The Labute approximate surface area is 162 Å². The fourth-order valence-corrected chi connectivity index (χ4v) is 0.791. The van der Waals surface area contributed by atoms with Gasteiger partial charge in [-0.05, 0) is 0 Å². The van der Waals surface area contributed by atoms with Gasteiger partial charge >= 0.3 is 0 Å². The molecule has 0 aliphatic heterocycles. The van der Waals surface area contributed by atoms with Gasteiger partial charge in [0.2, 0.25) is 0 Å². The molecular formula is H31N29. The zero-order chi connectivity index (χ0) is 21.1. The number of rotatable bonds is 26. The molecule has 29 nitrogen and oxygen atoms in total. The third-order valence-corrected chi connectivity index (χ3v) is 1.64. The average Bonchev–Trinajstić information content (AvgIpc) is 2.74. The quantitative estimate of drug-likeness (QED) is 0.0339. The summed E-state index contributed by atoms with van der Waals surface area (Å²) in [5, 5.41) is 0. The summed E-state index contributed by atoms with van der Waals surface area (Å²) in [6.45, 7) is 0. The molecule has 29 heavy (non-hydrogen) atoms. The van der Waals surface area contributed by atoms with Crippen molar-refractivity contribution < 1.29 is 0 Å². The monoisotopic (exact) mass is 437 g/mol. The van der Waals surface area contributed by atoms with Crippen LogP contribution in [0, 0.1) is 0 Å². The van der Waals surface area contributed by atoms with Gasteiger partial charge in [-0.3, -0.25) is 11.7 Å². The Morgan fingerprint density at radius 2 is 0.276 bits per heavy atom. The van der Waals surface area contributed by atoms with E-state index in [4.69, 9.17) is 11.7 Å². The Bertz CT molecular complexity index is 231. The van der Waals surface area contributed by atoms with Crippen LogP contribution < -0.4 is 161 Å². The number of hydrogen-bond acceptors (Lipinski definition) is 29. The van der Waals surface area contributed by atoms with Gasteiger partial charge in [-0.2, -0.15) is 149 Å². The molecule has 0 aromatic carbocycles. The molecule has 31 N–H and O–H groups in total. The van der Waals surface area contributed by atoms with Crippen LogP contribution in [0.2, 0.25) is 0 Å². The summed E-state index contributed by atoms with van der Waals surface area (Å²) in [6, 6.07) is 0. The van der Waals surface area contributed by atoms with Crippen LogP contribution in [0.25, 0.3) is 0 Å². The fourth-order valence-electron chi connectivity index (χ4n) is 0.791. The number of hydrogen-bond donors (Lipinski definition) is 29. The van der Waals surface area contributed by atoms with Crippen LogP contribution in [0.5, 0.6) is 0 Å². The highest BCUT2D eigenvalue weighted by Gasteiger charge is 1.85. The lowest BCUT2D eigenvalue weighted by atomic mass is 12.0. The van der Waals surface area contributed by atoms with Crippen LogP contribution >= 0.6 is 0 Å². The molecule has 0 radical (unpaired) electrons. The second kappa shape index (κ2) is 26.8. The summed E-state index contributed by atoms with van der Waals surface area (Å²) < 4.78 is 0. The third kappa shape index (κ3) is 26.8. The summed E-state index contributed by atoms with van der Waals surface area (Å²) >= 11 is 0. The van der Waals surface area contributed by atoms with Gasteiger partial charge < -0.3 is 0 Å². The van der Waals surface area contributed by atoms with Gasteiger partial charge in [-0.25, -0.2) is 0 Å². The van der Waals surface area contributed by atoms with E-state index in [9.17, 15) is 0 Å². The van der Waals surface area contributed by atoms with Crippen molar-refractivity contribution in [3.63, 3.8) is 0 Å². The van der Waals surface area contributed by atoms with E-state index in [1.165, 1.54) is 0 Å². The lowest BCUT2D eigenvalue weighted by molar-refractivity contribution is 0.185. The highest BCUT2D eigenvalue weighted by Crippen LogP contribution is 1.30. The van der Waals surface area contributed by atoms with Crippen molar-refractivity contribution in [1.29, 1.82) is 0 Å². The maximum absolute atomic E-state index is 4.91. The van der Waals surface area contributed by atoms with E-state index in [2.05, 4.69) is 149 Å². The molecule has 0 heterocycles.